The molecule has 0 bridgehead atoms. The summed E-state index contributed by atoms with van der Waals surface area (Å²) in [5, 5.41) is 3.36. The smallest absolute Gasteiger partial charge is 0.203 e. The molecule has 0 heterocycles. The Morgan fingerprint density at radius 1 is 0.905 bits per heavy atom. The molecule has 0 aromatic heterocycles. The van der Waals surface area contributed by atoms with Crippen LogP contribution in [0.2, 0.25) is 0 Å². The first-order chi connectivity index (χ1) is 10.1. The molecule has 0 saturated carbocycles. The van der Waals surface area contributed by atoms with E-state index in [1.54, 1.807) is 0 Å². The maximum absolute atomic E-state index is 5.76. The number of hydrogen-bond acceptors (Lipinski definition) is 4. The Bertz CT molecular complexity index is 405. The quantitative estimate of drug-likeness (QED) is 0.752. The molecule has 4 nitrogen and oxygen atoms in total. The zero-order valence-electron chi connectivity index (χ0n) is 14.2. The fourth-order valence-corrected chi connectivity index (χ4v) is 2.47. The van der Waals surface area contributed by atoms with E-state index in [9.17, 15) is 0 Å². The first-order valence-electron chi connectivity index (χ1n) is 7.82. The van der Waals surface area contributed by atoms with Gasteiger partial charge in [0.1, 0.15) is 0 Å². The molecule has 0 aliphatic heterocycles. The van der Waals surface area contributed by atoms with E-state index in [1.807, 2.05) is 27.8 Å². The van der Waals surface area contributed by atoms with Crippen LogP contribution in [-0.2, 0) is 0 Å². The van der Waals surface area contributed by atoms with Crippen molar-refractivity contribution in [2.24, 2.45) is 5.92 Å². The highest BCUT2D eigenvalue weighted by Crippen LogP contribution is 2.41. The van der Waals surface area contributed by atoms with Crippen molar-refractivity contribution >= 4 is 0 Å². The Balaban J connectivity index is 3.33. The lowest BCUT2D eigenvalue weighted by atomic mass is 9.95. The molecule has 1 N–H and O–H groups in total. The third-order valence-corrected chi connectivity index (χ3v) is 3.27. The Hall–Kier alpha value is -1.42. The minimum Gasteiger partial charge on any atom is -0.490 e. The SMILES string of the molecule is CCOc1cc(C(NC)C(C)C)cc(OCC)c1OCC. The average Bonchev–Trinajstić information content (AvgIpc) is 2.43. The van der Waals surface area contributed by atoms with Crippen LogP contribution in [-0.4, -0.2) is 26.9 Å². The van der Waals surface area contributed by atoms with Crippen molar-refractivity contribution in [2.75, 3.05) is 26.9 Å². The first kappa shape index (κ1) is 17.6. The van der Waals surface area contributed by atoms with Gasteiger partial charge >= 0.3 is 0 Å². The summed E-state index contributed by atoms with van der Waals surface area (Å²) >= 11 is 0. The molecule has 0 saturated heterocycles. The molecule has 1 rings (SSSR count). The molecule has 1 unspecified atom stereocenters. The van der Waals surface area contributed by atoms with Crippen LogP contribution in [0.3, 0.4) is 0 Å². The van der Waals surface area contributed by atoms with Crippen LogP contribution in [0.5, 0.6) is 17.2 Å². The highest BCUT2D eigenvalue weighted by Gasteiger charge is 2.20. The van der Waals surface area contributed by atoms with Crippen LogP contribution in [0.4, 0.5) is 0 Å². The number of nitrogens with one attached hydrogen (secondary N) is 1. The second-order valence-corrected chi connectivity index (χ2v) is 5.16. The third kappa shape index (κ3) is 4.53. The van der Waals surface area contributed by atoms with Crippen LogP contribution < -0.4 is 19.5 Å². The Labute approximate surface area is 128 Å². The second-order valence-electron chi connectivity index (χ2n) is 5.16. The minimum atomic E-state index is 0.249. The van der Waals surface area contributed by atoms with Crippen LogP contribution in [0.15, 0.2) is 12.1 Å². The van der Waals surface area contributed by atoms with E-state index in [2.05, 4.69) is 31.3 Å². The minimum absolute atomic E-state index is 0.249. The summed E-state index contributed by atoms with van der Waals surface area (Å²) in [4.78, 5) is 0. The number of rotatable bonds is 9. The molecule has 0 radical (unpaired) electrons. The van der Waals surface area contributed by atoms with E-state index in [0.29, 0.717) is 31.5 Å². The zero-order valence-corrected chi connectivity index (χ0v) is 14.2. The number of hydrogen-bond donors (Lipinski definition) is 1. The van der Waals surface area contributed by atoms with Gasteiger partial charge < -0.3 is 19.5 Å². The lowest BCUT2D eigenvalue weighted by Crippen LogP contribution is -2.22. The van der Waals surface area contributed by atoms with Crippen molar-refractivity contribution in [3.63, 3.8) is 0 Å². The summed E-state index contributed by atoms with van der Waals surface area (Å²) < 4.78 is 17.2. The van der Waals surface area contributed by atoms with Crippen molar-refractivity contribution in [3.05, 3.63) is 17.7 Å². The van der Waals surface area contributed by atoms with Crippen LogP contribution >= 0.6 is 0 Å². The summed E-state index contributed by atoms with van der Waals surface area (Å²) in [5.41, 5.74) is 1.16. The monoisotopic (exact) mass is 295 g/mol. The van der Waals surface area contributed by atoms with Gasteiger partial charge in [-0.1, -0.05) is 13.8 Å². The molecule has 0 fully saturated rings. The fourth-order valence-electron chi connectivity index (χ4n) is 2.47. The Morgan fingerprint density at radius 2 is 1.38 bits per heavy atom. The molecule has 120 valence electrons. The predicted octanol–water partition coefficient (Wildman–Crippen LogP) is 3.80. The first-order valence-corrected chi connectivity index (χ1v) is 7.82. The molecule has 4 heteroatoms. The molecular formula is C17H29NO3. The molecule has 0 amide bonds. The van der Waals surface area contributed by atoms with Gasteiger partial charge in [-0.05, 0) is 51.4 Å². The lowest BCUT2D eigenvalue weighted by Gasteiger charge is -2.24. The molecule has 1 aromatic carbocycles. The molecule has 1 aromatic rings. The molecule has 0 spiro atoms. The topological polar surface area (TPSA) is 39.7 Å². The van der Waals surface area contributed by atoms with Gasteiger partial charge in [-0.15, -0.1) is 0 Å². The largest absolute Gasteiger partial charge is 0.490 e. The van der Waals surface area contributed by atoms with E-state index < -0.39 is 0 Å². The van der Waals surface area contributed by atoms with E-state index >= 15 is 0 Å². The molecule has 21 heavy (non-hydrogen) atoms. The van der Waals surface area contributed by atoms with Gasteiger partial charge in [0.15, 0.2) is 11.5 Å². The van der Waals surface area contributed by atoms with Gasteiger partial charge in [-0.3, -0.25) is 0 Å². The van der Waals surface area contributed by atoms with Gasteiger partial charge in [0, 0.05) is 6.04 Å². The summed E-state index contributed by atoms with van der Waals surface area (Å²) in [6, 6.07) is 4.36. The lowest BCUT2D eigenvalue weighted by molar-refractivity contribution is 0.259. The van der Waals surface area contributed by atoms with Crippen molar-refractivity contribution in [3.8, 4) is 17.2 Å². The maximum Gasteiger partial charge on any atom is 0.203 e. The van der Waals surface area contributed by atoms with Crippen molar-refractivity contribution in [1.29, 1.82) is 0 Å². The van der Waals surface area contributed by atoms with Crippen molar-refractivity contribution in [1.82, 2.24) is 5.32 Å². The molecule has 0 aliphatic rings. The summed E-state index contributed by atoms with van der Waals surface area (Å²) in [6.45, 7) is 12.1. The van der Waals surface area contributed by atoms with E-state index in [0.717, 1.165) is 17.1 Å². The van der Waals surface area contributed by atoms with E-state index in [1.165, 1.54) is 0 Å². The van der Waals surface area contributed by atoms with Gasteiger partial charge in [0.2, 0.25) is 5.75 Å². The molecular weight excluding hydrogens is 266 g/mol. The number of ether oxygens (including phenoxy) is 3. The molecule has 0 aliphatic carbocycles. The van der Waals surface area contributed by atoms with Gasteiger partial charge in [0.05, 0.1) is 19.8 Å². The summed E-state index contributed by atoms with van der Waals surface area (Å²) in [6.07, 6.45) is 0. The van der Waals surface area contributed by atoms with Gasteiger partial charge in [-0.25, -0.2) is 0 Å². The third-order valence-electron chi connectivity index (χ3n) is 3.27. The zero-order chi connectivity index (χ0) is 15.8. The molecule has 1 atom stereocenters. The van der Waals surface area contributed by atoms with E-state index in [4.69, 9.17) is 14.2 Å². The fraction of sp³-hybridized carbons (Fsp3) is 0.647. The van der Waals surface area contributed by atoms with Crippen molar-refractivity contribution in [2.45, 2.75) is 40.7 Å². The van der Waals surface area contributed by atoms with Gasteiger partial charge in [-0.2, -0.15) is 0 Å². The standard InChI is InChI=1S/C17H29NO3/c1-7-19-14-10-13(16(18-6)12(4)5)11-15(20-8-2)17(14)21-9-3/h10-12,16,18H,7-9H2,1-6H3. The number of benzene rings is 1. The maximum atomic E-state index is 5.76. The Morgan fingerprint density at radius 3 is 1.71 bits per heavy atom. The van der Waals surface area contributed by atoms with Crippen LogP contribution in [0.1, 0.15) is 46.2 Å². The summed E-state index contributed by atoms with van der Waals surface area (Å²) in [7, 11) is 1.97. The van der Waals surface area contributed by atoms with Crippen LogP contribution in [0, 0.1) is 5.92 Å². The Kier molecular flexibility index (Phi) is 7.37. The second kappa shape index (κ2) is 8.78. The van der Waals surface area contributed by atoms with E-state index in [-0.39, 0.29) is 6.04 Å². The predicted molar refractivity (Wildman–Crippen MR) is 86.6 cm³/mol. The van der Waals surface area contributed by atoms with Gasteiger partial charge in [0.25, 0.3) is 0 Å². The highest BCUT2D eigenvalue weighted by molar-refractivity contribution is 5.54. The average molecular weight is 295 g/mol. The highest BCUT2D eigenvalue weighted by atomic mass is 16.5. The van der Waals surface area contributed by atoms with Crippen LogP contribution in [0.25, 0.3) is 0 Å². The normalized spacial score (nSPS) is 12.3. The van der Waals surface area contributed by atoms with Crippen molar-refractivity contribution < 1.29 is 14.2 Å². The summed E-state index contributed by atoms with van der Waals surface area (Å²) in [5.74, 6) is 2.67.